The minimum Gasteiger partial charge on any atom is -0.258 e. The van der Waals surface area contributed by atoms with Crippen LogP contribution in [0.4, 0.5) is 11.4 Å². The van der Waals surface area contributed by atoms with Gasteiger partial charge in [-0.15, -0.1) is 0 Å². The van der Waals surface area contributed by atoms with Crippen molar-refractivity contribution in [2.45, 2.75) is 0 Å². The Balaban J connectivity index is 0.000000225. The molecule has 0 saturated carbocycles. The fourth-order valence-corrected chi connectivity index (χ4v) is 1.11. The number of hydrogen-bond acceptors (Lipinski definition) is 4. The van der Waals surface area contributed by atoms with E-state index in [0.29, 0.717) is 0 Å². The van der Waals surface area contributed by atoms with Gasteiger partial charge in [0.2, 0.25) is 0 Å². The Bertz CT molecular complexity index is 473. The summed E-state index contributed by atoms with van der Waals surface area (Å²) in [6, 6.07) is 16.6. The van der Waals surface area contributed by atoms with Crippen LogP contribution >= 0.6 is 0 Å². The summed E-state index contributed by atoms with van der Waals surface area (Å²) in [5.74, 6) is 0. The van der Waals surface area contributed by atoms with E-state index in [0.717, 1.165) is 6.07 Å². The van der Waals surface area contributed by atoms with E-state index in [1.807, 2.05) is 36.4 Å². The number of nitro benzene ring substituents is 2. The van der Waals surface area contributed by atoms with Crippen molar-refractivity contribution >= 4 is 11.4 Å². The fraction of sp³-hybridized carbons (Fsp3) is 0. The summed E-state index contributed by atoms with van der Waals surface area (Å²) in [6.45, 7) is 0. The molecule has 0 heterocycles. The predicted molar refractivity (Wildman–Crippen MR) is 66.2 cm³/mol. The van der Waals surface area contributed by atoms with Crippen molar-refractivity contribution < 1.29 is 9.85 Å². The highest BCUT2D eigenvalue weighted by atomic mass is 16.6. The second-order valence-electron chi connectivity index (χ2n) is 3.19. The zero-order valence-corrected chi connectivity index (χ0v) is 9.30. The van der Waals surface area contributed by atoms with Crippen LogP contribution in [0.25, 0.3) is 0 Å². The maximum Gasteiger partial charge on any atom is 0.276 e. The highest BCUT2D eigenvalue weighted by Crippen LogP contribution is 2.18. The average Bonchev–Trinajstić information content (AvgIpc) is 2.41. The van der Waals surface area contributed by atoms with Crippen molar-refractivity contribution in [3.63, 3.8) is 0 Å². The largest absolute Gasteiger partial charge is 0.276 e. The van der Waals surface area contributed by atoms with Gasteiger partial charge in [0, 0.05) is 12.1 Å². The van der Waals surface area contributed by atoms with E-state index >= 15 is 0 Å². The van der Waals surface area contributed by atoms with E-state index in [1.165, 1.54) is 18.2 Å². The molecule has 0 unspecified atom stereocenters. The van der Waals surface area contributed by atoms with E-state index in [9.17, 15) is 20.2 Å². The number of hydrogen-bond donors (Lipinski definition) is 0. The molecule has 0 bridgehead atoms. The molecule has 0 radical (unpaired) electrons. The first-order valence-electron chi connectivity index (χ1n) is 5.00. The van der Waals surface area contributed by atoms with Gasteiger partial charge in [-0.3, -0.25) is 20.2 Å². The van der Waals surface area contributed by atoms with Gasteiger partial charge in [0.05, 0.1) is 15.9 Å². The number of nitrogens with zero attached hydrogens (tertiary/aromatic N) is 2. The second kappa shape index (κ2) is 6.74. The number of non-ortho nitro benzene ring substituents is 2. The molecule has 0 saturated heterocycles. The van der Waals surface area contributed by atoms with Crippen LogP contribution in [0.5, 0.6) is 0 Å². The molecule has 0 spiro atoms. The average molecular weight is 246 g/mol. The van der Waals surface area contributed by atoms with Crippen LogP contribution in [-0.2, 0) is 0 Å². The van der Waals surface area contributed by atoms with E-state index in [1.54, 1.807) is 0 Å². The number of rotatable bonds is 2. The maximum atomic E-state index is 10.2. The fourth-order valence-electron chi connectivity index (χ4n) is 1.11. The smallest absolute Gasteiger partial charge is 0.258 e. The first-order chi connectivity index (χ1) is 8.61. The molecule has 0 aromatic heterocycles. The summed E-state index contributed by atoms with van der Waals surface area (Å²) < 4.78 is 0. The highest BCUT2D eigenvalue weighted by Gasteiger charge is 2.11. The van der Waals surface area contributed by atoms with Gasteiger partial charge in [-0.25, -0.2) is 0 Å². The van der Waals surface area contributed by atoms with Gasteiger partial charge >= 0.3 is 0 Å². The lowest BCUT2D eigenvalue weighted by Gasteiger charge is -1.90. The molecule has 0 aliphatic rings. The van der Waals surface area contributed by atoms with Crippen molar-refractivity contribution in [3.05, 3.63) is 80.9 Å². The molecule has 0 amide bonds. The van der Waals surface area contributed by atoms with Gasteiger partial charge in [-0.1, -0.05) is 36.4 Å². The molecule has 0 N–H and O–H groups in total. The van der Waals surface area contributed by atoms with Crippen LogP contribution in [0, 0.1) is 20.2 Å². The summed E-state index contributed by atoms with van der Waals surface area (Å²) in [4.78, 5) is 19.0. The Morgan fingerprint density at radius 2 is 1.00 bits per heavy atom. The number of benzene rings is 2. The third-order valence-electron chi connectivity index (χ3n) is 1.92. The maximum absolute atomic E-state index is 10.2. The van der Waals surface area contributed by atoms with Gasteiger partial charge in [0.1, 0.15) is 0 Å². The van der Waals surface area contributed by atoms with Crippen LogP contribution in [-0.4, -0.2) is 9.85 Å². The molecule has 92 valence electrons. The first kappa shape index (κ1) is 13.3. The van der Waals surface area contributed by atoms with E-state index in [-0.39, 0.29) is 11.4 Å². The standard InChI is InChI=1S/C6H4N2O4.C6H6/c9-7(10)5-2-1-3-6(4-5)8(11)12;1-2-4-6-5-3-1/h1-4H;1-6H. The topological polar surface area (TPSA) is 86.3 Å². The Hall–Kier alpha value is -2.76. The second-order valence-corrected chi connectivity index (χ2v) is 3.19. The Morgan fingerprint density at radius 1 is 0.667 bits per heavy atom. The van der Waals surface area contributed by atoms with Crippen LogP contribution < -0.4 is 0 Å². The first-order valence-corrected chi connectivity index (χ1v) is 5.00. The van der Waals surface area contributed by atoms with E-state index in [2.05, 4.69) is 0 Å². The normalized spacial score (nSPS) is 8.89. The van der Waals surface area contributed by atoms with Crippen molar-refractivity contribution in [2.75, 3.05) is 0 Å². The van der Waals surface area contributed by atoms with Crippen molar-refractivity contribution in [2.24, 2.45) is 0 Å². The van der Waals surface area contributed by atoms with Gasteiger partial charge in [-0.05, 0) is 6.07 Å². The minimum absolute atomic E-state index is 0.274. The molecule has 0 aliphatic carbocycles. The molecule has 6 nitrogen and oxygen atoms in total. The van der Waals surface area contributed by atoms with Gasteiger partial charge < -0.3 is 0 Å². The third-order valence-corrected chi connectivity index (χ3v) is 1.92. The van der Waals surface area contributed by atoms with Gasteiger partial charge in [-0.2, -0.15) is 0 Å². The Labute approximate surface area is 103 Å². The zero-order valence-electron chi connectivity index (χ0n) is 9.30. The molecule has 2 rings (SSSR count). The van der Waals surface area contributed by atoms with Gasteiger partial charge in [0.25, 0.3) is 11.4 Å². The molecule has 0 atom stereocenters. The van der Waals surface area contributed by atoms with Crippen LogP contribution in [0.3, 0.4) is 0 Å². The highest BCUT2D eigenvalue weighted by molar-refractivity contribution is 5.42. The predicted octanol–water partition coefficient (Wildman–Crippen LogP) is 3.19. The monoisotopic (exact) mass is 246 g/mol. The molecule has 0 aliphatic heterocycles. The lowest BCUT2D eigenvalue weighted by molar-refractivity contribution is -0.394. The molecule has 2 aromatic rings. The van der Waals surface area contributed by atoms with E-state index in [4.69, 9.17) is 0 Å². The Kier molecular flexibility index (Phi) is 4.98. The van der Waals surface area contributed by atoms with Crippen molar-refractivity contribution in [1.29, 1.82) is 0 Å². The summed E-state index contributed by atoms with van der Waals surface area (Å²) in [5.41, 5.74) is -0.548. The minimum atomic E-state index is -0.674. The van der Waals surface area contributed by atoms with Crippen molar-refractivity contribution in [1.82, 2.24) is 0 Å². The Morgan fingerprint density at radius 3 is 1.28 bits per heavy atom. The summed E-state index contributed by atoms with van der Waals surface area (Å²) in [5, 5.41) is 20.3. The summed E-state index contributed by atoms with van der Waals surface area (Å²) in [7, 11) is 0. The molecular formula is C12H10N2O4. The van der Waals surface area contributed by atoms with Crippen LogP contribution in [0.2, 0.25) is 0 Å². The molecule has 18 heavy (non-hydrogen) atoms. The summed E-state index contributed by atoms with van der Waals surface area (Å²) >= 11 is 0. The lowest BCUT2D eigenvalue weighted by atomic mass is 10.3. The van der Waals surface area contributed by atoms with Crippen LogP contribution in [0.1, 0.15) is 0 Å². The van der Waals surface area contributed by atoms with E-state index < -0.39 is 9.85 Å². The summed E-state index contributed by atoms with van der Waals surface area (Å²) in [6.07, 6.45) is 0. The van der Waals surface area contributed by atoms with Gasteiger partial charge in [0.15, 0.2) is 0 Å². The SMILES string of the molecule is O=[N+]([O-])c1cccc([N+](=O)[O-])c1.c1ccccc1. The molecular weight excluding hydrogens is 236 g/mol. The zero-order chi connectivity index (χ0) is 13.4. The number of nitro groups is 2. The molecule has 0 fully saturated rings. The lowest BCUT2D eigenvalue weighted by Crippen LogP contribution is -1.91. The molecule has 2 aromatic carbocycles. The quantitative estimate of drug-likeness (QED) is 0.601. The third kappa shape index (κ3) is 4.40. The van der Waals surface area contributed by atoms with Crippen LogP contribution in [0.15, 0.2) is 60.7 Å². The van der Waals surface area contributed by atoms with Crippen molar-refractivity contribution in [3.8, 4) is 0 Å². The molecule has 6 heteroatoms.